The highest BCUT2D eigenvalue weighted by molar-refractivity contribution is 7.99. The molecule has 0 spiro atoms. The van der Waals surface area contributed by atoms with Crippen LogP contribution in [-0.2, 0) is 11.2 Å². The van der Waals surface area contributed by atoms with Gasteiger partial charge in [0.2, 0.25) is 5.91 Å². The minimum absolute atomic E-state index is 0.129. The molecular formula is C22H24N4O3S. The molecule has 4 rings (SSSR count). The van der Waals surface area contributed by atoms with Crippen molar-refractivity contribution < 1.29 is 14.3 Å². The van der Waals surface area contributed by atoms with E-state index in [1.54, 1.807) is 6.33 Å². The zero-order valence-electron chi connectivity index (χ0n) is 17.2. The molecule has 1 aliphatic heterocycles. The molecule has 2 aromatic carbocycles. The molecule has 8 heteroatoms. The first-order valence-electron chi connectivity index (χ1n) is 9.89. The molecular weight excluding hydrogens is 400 g/mol. The van der Waals surface area contributed by atoms with Crippen molar-refractivity contribution in [2.45, 2.75) is 38.5 Å². The molecule has 0 fully saturated rings. The van der Waals surface area contributed by atoms with Crippen LogP contribution in [0.5, 0.6) is 11.5 Å². The summed E-state index contributed by atoms with van der Waals surface area (Å²) >= 11 is 1.33. The van der Waals surface area contributed by atoms with Crippen LogP contribution in [0.15, 0.2) is 47.9 Å². The second-order valence-electron chi connectivity index (χ2n) is 7.18. The van der Waals surface area contributed by atoms with Gasteiger partial charge in [0, 0.05) is 23.7 Å². The Morgan fingerprint density at radius 1 is 1.33 bits per heavy atom. The largest absolute Gasteiger partial charge is 0.492 e. The van der Waals surface area contributed by atoms with Crippen molar-refractivity contribution in [3.63, 3.8) is 0 Å². The van der Waals surface area contributed by atoms with Crippen LogP contribution in [0.4, 0.5) is 5.69 Å². The summed E-state index contributed by atoms with van der Waals surface area (Å²) in [6.07, 6.45) is 2.62. The third kappa shape index (κ3) is 4.43. The van der Waals surface area contributed by atoms with Gasteiger partial charge in [-0.3, -0.25) is 9.36 Å². The second-order valence-corrected chi connectivity index (χ2v) is 8.12. The number of fused-ring (bicyclic) bond motifs is 1. The summed E-state index contributed by atoms with van der Waals surface area (Å²) in [6.45, 7) is 6.51. The third-order valence-corrected chi connectivity index (χ3v) is 5.68. The lowest BCUT2D eigenvalue weighted by molar-refractivity contribution is -0.113. The van der Waals surface area contributed by atoms with E-state index in [4.69, 9.17) is 9.47 Å². The van der Waals surface area contributed by atoms with Crippen molar-refractivity contribution in [1.29, 1.82) is 0 Å². The van der Waals surface area contributed by atoms with Gasteiger partial charge in [0.15, 0.2) is 5.16 Å². The Hall–Kier alpha value is -3.00. The molecule has 0 unspecified atom stereocenters. The smallest absolute Gasteiger partial charge is 0.234 e. The Labute approximate surface area is 179 Å². The van der Waals surface area contributed by atoms with Crippen LogP contribution < -0.4 is 14.8 Å². The van der Waals surface area contributed by atoms with Gasteiger partial charge in [-0.1, -0.05) is 29.5 Å². The quantitative estimate of drug-likeness (QED) is 0.577. The monoisotopic (exact) mass is 424 g/mol. The molecule has 1 aliphatic rings. The van der Waals surface area contributed by atoms with Crippen molar-refractivity contribution in [2.24, 2.45) is 0 Å². The van der Waals surface area contributed by atoms with Crippen LogP contribution in [-0.4, -0.2) is 39.1 Å². The maximum absolute atomic E-state index is 12.6. The van der Waals surface area contributed by atoms with Crippen LogP contribution in [0.2, 0.25) is 0 Å². The number of amides is 1. The normalized spacial score (nSPS) is 14.8. The molecule has 0 aliphatic carbocycles. The molecule has 0 bridgehead atoms. The summed E-state index contributed by atoms with van der Waals surface area (Å²) in [6, 6.07) is 11.9. The molecule has 0 saturated heterocycles. The predicted molar refractivity (Wildman–Crippen MR) is 117 cm³/mol. The highest BCUT2D eigenvalue weighted by Crippen LogP contribution is 2.38. The third-order valence-electron chi connectivity index (χ3n) is 4.73. The minimum Gasteiger partial charge on any atom is -0.492 e. The highest BCUT2D eigenvalue weighted by Gasteiger charge is 2.22. The maximum atomic E-state index is 12.6. The number of aryl methyl sites for hydroxylation is 1. The van der Waals surface area contributed by atoms with E-state index < -0.39 is 0 Å². The van der Waals surface area contributed by atoms with Gasteiger partial charge >= 0.3 is 0 Å². The first-order valence-corrected chi connectivity index (χ1v) is 10.9. The summed E-state index contributed by atoms with van der Waals surface area (Å²) in [7, 11) is 0. The number of hydrogen-bond donors (Lipinski definition) is 1. The summed E-state index contributed by atoms with van der Waals surface area (Å²) in [4.78, 5) is 12.6. The van der Waals surface area contributed by atoms with Gasteiger partial charge in [0.25, 0.3) is 0 Å². The van der Waals surface area contributed by atoms with Crippen molar-refractivity contribution in [3.05, 3.63) is 53.9 Å². The number of aromatic nitrogens is 3. The Morgan fingerprint density at radius 3 is 2.90 bits per heavy atom. The average Bonchev–Trinajstić information content (AvgIpc) is 3.33. The number of carbonyl (C=O) groups excluding carboxylic acids is 1. The molecule has 156 valence electrons. The lowest BCUT2D eigenvalue weighted by atomic mass is 10.1. The molecule has 30 heavy (non-hydrogen) atoms. The number of thioether (sulfide) groups is 1. The van der Waals surface area contributed by atoms with E-state index in [1.165, 1.54) is 17.3 Å². The summed E-state index contributed by atoms with van der Waals surface area (Å²) in [5.41, 5.74) is 3.86. The van der Waals surface area contributed by atoms with Gasteiger partial charge in [-0.25, -0.2) is 0 Å². The number of carbonyl (C=O) groups is 1. The van der Waals surface area contributed by atoms with Crippen LogP contribution in [0, 0.1) is 6.92 Å². The summed E-state index contributed by atoms with van der Waals surface area (Å²) in [5.74, 6) is 1.51. The van der Waals surface area contributed by atoms with Gasteiger partial charge in [-0.15, -0.1) is 10.2 Å². The highest BCUT2D eigenvalue weighted by atomic mass is 32.2. The summed E-state index contributed by atoms with van der Waals surface area (Å²) in [5, 5.41) is 11.7. The van der Waals surface area contributed by atoms with Crippen LogP contribution in [0.1, 0.15) is 25.0 Å². The molecule has 1 amide bonds. The first-order chi connectivity index (χ1) is 14.5. The molecule has 0 saturated carbocycles. The van der Waals surface area contributed by atoms with E-state index in [2.05, 4.69) is 15.5 Å². The molecule has 2 heterocycles. The number of nitrogens with one attached hydrogen (secondary N) is 1. The topological polar surface area (TPSA) is 78.3 Å². The molecule has 1 N–H and O–H groups in total. The first kappa shape index (κ1) is 20.3. The fourth-order valence-electron chi connectivity index (χ4n) is 3.33. The summed E-state index contributed by atoms with van der Waals surface area (Å²) < 4.78 is 13.4. The van der Waals surface area contributed by atoms with Crippen molar-refractivity contribution in [3.8, 4) is 17.2 Å². The Morgan fingerprint density at radius 2 is 2.13 bits per heavy atom. The number of anilines is 1. The van der Waals surface area contributed by atoms with E-state index in [1.807, 2.05) is 61.7 Å². The number of hydrogen-bond acceptors (Lipinski definition) is 6. The zero-order valence-corrected chi connectivity index (χ0v) is 18.0. The van der Waals surface area contributed by atoms with E-state index in [0.29, 0.717) is 23.2 Å². The molecule has 1 aromatic heterocycles. The van der Waals surface area contributed by atoms with Crippen molar-refractivity contribution >= 4 is 23.4 Å². The van der Waals surface area contributed by atoms with E-state index in [0.717, 1.165) is 23.4 Å². The van der Waals surface area contributed by atoms with Crippen LogP contribution in [0.25, 0.3) is 5.69 Å². The lowest BCUT2D eigenvalue weighted by Gasteiger charge is -2.13. The maximum Gasteiger partial charge on any atom is 0.234 e. The van der Waals surface area contributed by atoms with Crippen LogP contribution >= 0.6 is 11.8 Å². The number of benzene rings is 2. The molecule has 0 radical (unpaired) electrons. The van der Waals surface area contributed by atoms with Crippen molar-refractivity contribution in [1.82, 2.24) is 14.8 Å². The minimum atomic E-state index is -0.148. The van der Waals surface area contributed by atoms with Gasteiger partial charge in [-0.2, -0.15) is 0 Å². The Bertz CT molecular complexity index is 1050. The van der Waals surface area contributed by atoms with Gasteiger partial charge < -0.3 is 14.8 Å². The fraction of sp³-hybridized carbons (Fsp3) is 0.318. The average molecular weight is 425 g/mol. The van der Waals surface area contributed by atoms with E-state index in [-0.39, 0.29) is 17.8 Å². The van der Waals surface area contributed by atoms with Gasteiger partial charge in [-0.05, 0) is 39.0 Å². The van der Waals surface area contributed by atoms with Gasteiger partial charge in [0.1, 0.15) is 23.9 Å². The fourth-order valence-corrected chi connectivity index (χ4v) is 4.06. The molecule has 1 atom stereocenters. The lowest BCUT2D eigenvalue weighted by Crippen LogP contribution is -2.15. The number of ether oxygens (including phenoxy) is 2. The number of nitrogens with zero attached hydrogens (tertiary/aromatic N) is 3. The standard InChI is InChI=1S/C22H24N4O3S/c1-4-28-20-10-16-9-15(3)29-19(16)11-18(20)24-21(27)12-30-22-25-23-13-26(22)17-7-5-14(2)6-8-17/h5-8,10-11,13,15H,4,9,12H2,1-3H3,(H,24,27)/t15-/m1/s1. The zero-order chi connectivity index (χ0) is 21.1. The molecule has 3 aromatic rings. The molecule has 7 nitrogen and oxygen atoms in total. The Kier molecular flexibility index (Phi) is 5.94. The van der Waals surface area contributed by atoms with Gasteiger partial charge in [0.05, 0.1) is 18.0 Å². The Balaban J connectivity index is 1.45. The number of rotatable bonds is 7. The predicted octanol–water partition coefficient (Wildman–Crippen LogP) is 4.03. The van der Waals surface area contributed by atoms with Crippen LogP contribution in [0.3, 0.4) is 0 Å². The van der Waals surface area contributed by atoms with E-state index >= 15 is 0 Å². The van der Waals surface area contributed by atoms with Crippen molar-refractivity contribution in [2.75, 3.05) is 17.7 Å². The van der Waals surface area contributed by atoms with E-state index in [9.17, 15) is 4.79 Å². The SMILES string of the molecule is CCOc1cc2c(cc1NC(=O)CSc1nncn1-c1ccc(C)cc1)O[C@H](C)C2. The second kappa shape index (κ2) is 8.79.